The second-order valence-electron chi connectivity index (χ2n) is 16.6. The number of furan rings is 1. The number of hydrogen-bond donors (Lipinski definition) is 0. The van der Waals surface area contributed by atoms with Gasteiger partial charge < -0.3 is 14.4 Å². The van der Waals surface area contributed by atoms with Crippen LogP contribution in [0.4, 0.5) is 0 Å². The topological polar surface area (TPSA) is 38.9 Å². The third kappa shape index (κ3) is 8.10. The molecule has 1 radical (unpaired) electrons. The summed E-state index contributed by atoms with van der Waals surface area (Å²) in [6, 6.07) is 42.5. The normalized spacial score (nSPS) is 18.0. The first-order valence-electron chi connectivity index (χ1n) is 19.6. The Kier molecular flexibility index (Phi) is 11.5. The van der Waals surface area contributed by atoms with Crippen molar-refractivity contribution in [1.82, 2.24) is 9.97 Å². The Morgan fingerprint density at radius 2 is 1.56 bits per heavy atom. The van der Waals surface area contributed by atoms with E-state index in [9.17, 15) is 0 Å². The molecule has 3 aromatic heterocycles. The molecule has 0 aliphatic heterocycles. The van der Waals surface area contributed by atoms with Crippen LogP contribution in [-0.4, -0.2) is 18.0 Å². The monoisotopic (exact) mass is 903 g/mol. The summed E-state index contributed by atoms with van der Waals surface area (Å²) in [5, 5.41) is 3.74. The summed E-state index contributed by atoms with van der Waals surface area (Å²) in [5.74, 6) is 3.26. The number of pyridine rings is 2. The molecule has 0 spiro atoms. The fraction of sp³-hybridized carbons (Fsp3) is 0.306. The van der Waals surface area contributed by atoms with Crippen LogP contribution in [0.5, 0.6) is 0 Å². The van der Waals surface area contributed by atoms with Crippen LogP contribution in [0.25, 0.3) is 55.6 Å². The molecule has 277 valence electrons. The molecular weight excluding hydrogens is 853 g/mol. The molecule has 2 bridgehead atoms. The third-order valence-corrected chi connectivity index (χ3v) is 13.7. The molecule has 7 aromatic rings. The van der Waals surface area contributed by atoms with Crippen molar-refractivity contribution in [2.75, 3.05) is 0 Å². The Hall–Kier alpha value is -4.15. The van der Waals surface area contributed by atoms with Crippen molar-refractivity contribution in [2.24, 2.45) is 17.8 Å². The predicted molar refractivity (Wildman–Crippen MR) is 224 cm³/mol. The van der Waals surface area contributed by atoms with E-state index in [2.05, 4.69) is 130 Å². The van der Waals surface area contributed by atoms with Crippen LogP contribution in [0.15, 0.2) is 120 Å². The van der Waals surface area contributed by atoms with Crippen molar-refractivity contribution in [3.8, 4) is 33.6 Å². The zero-order valence-corrected chi connectivity index (χ0v) is 35.6. The molecule has 0 saturated heterocycles. The minimum atomic E-state index is -1.34. The van der Waals surface area contributed by atoms with E-state index >= 15 is 0 Å². The molecule has 1 unspecified atom stereocenters. The van der Waals surface area contributed by atoms with Gasteiger partial charge >= 0.3 is 0 Å². The van der Waals surface area contributed by atoms with Crippen molar-refractivity contribution >= 4 is 35.2 Å². The number of fused-ring (bicyclic) bond motifs is 6. The van der Waals surface area contributed by atoms with Crippen LogP contribution in [0.2, 0.25) is 19.6 Å². The van der Waals surface area contributed by atoms with Gasteiger partial charge in [-0.2, -0.15) is 0 Å². The number of aromatic nitrogens is 2. The molecule has 3 aliphatic carbocycles. The van der Waals surface area contributed by atoms with E-state index in [-0.39, 0.29) is 20.1 Å². The van der Waals surface area contributed by atoms with Gasteiger partial charge in [-0.25, -0.2) is 0 Å². The van der Waals surface area contributed by atoms with Crippen LogP contribution < -0.4 is 5.19 Å². The first-order chi connectivity index (χ1) is 25.7. The van der Waals surface area contributed by atoms with Crippen molar-refractivity contribution in [3.05, 3.63) is 139 Å². The summed E-state index contributed by atoms with van der Waals surface area (Å²) in [6.07, 6.45) is 12.4. The van der Waals surface area contributed by atoms with Gasteiger partial charge in [0, 0.05) is 37.9 Å². The minimum Gasteiger partial charge on any atom is -0.501 e. The first kappa shape index (κ1) is 38.1. The van der Waals surface area contributed by atoms with E-state index in [1.807, 2.05) is 36.5 Å². The van der Waals surface area contributed by atoms with E-state index in [1.165, 1.54) is 66.0 Å². The molecule has 0 amide bonds. The molecule has 10 rings (SSSR count). The van der Waals surface area contributed by atoms with Crippen LogP contribution >= 0.6 is 0 Å². The van der Waals surface area contributed by atoms with Crippen molar-refractivity contribution in [2.45, 2.75) is 77.9 Å². The van der Waals surface area contributed by atoms with Gasteiger partial charge in [-0.15, -0.1) is 54.1 Å². The maximum Gasteiger partial charge on any atom is 0.121 e. The van der Waals surface area contributed by atoms with E-state index < -0.39 is 8.07 Å². The zero-order valence-electron chi connectivity index (χ0n) is 32.2. The molecule has 3 fully saturated rings. The molecule has 0 N–H and O–H groups in total. The summed E-state index contributed by atoms with van der Waals surface area (Å²) in [6.45, 7) is 11.7. The number of hydrogen-bond acceptors (Lipinski definition) is 3. The standard InChI is InChI=1S/C32H28NO.C17H22NSi.Ir/c1-2-5-23(6-3-1)25-13-14-27-28-7-4-8-29(32(28)34-31(27)20-25)30-19-22(15-16-33-30)18-26-17-21-9-11-24(26)12-10-21;1-13(2)15-11-16(14-9-7-6-8-10-14)18-12-17(15)19(3,4)5;/h1-7,13-16,19-21,24,26H,9-12,17-18H2;6-9,11-13H,1-5H3;/q2*-1;. The summed E-state index contributed by atoms with van der Waals surface area (Å²) < 4.78 is 6.46. The smallest absolute Gasteiger partial charge is 0.121 e. The van der Waals surface area contributed by atoms with Crippen molar-refractivity contribution in [3.63, 3.8) is 0 Å². The van der Waals surface area contributed by atoms with Gasteiger partial charge in [-0.1, -0.05) is 123 Å². The second-order valence-corrected chi connectivity index (χ2v) is 21.7. The Balaban J connectivity index is 0.000000193. The van der Waals surface area contributed by atoms with Gasteiger partial charge in [-0.3, -0.25) is 0 Å². The van der Waals surface area contributed by atoms with Crippen LogP contribution in [0.3, 0.4) is 0 Å². The SMILES string of the molecule is CC(C)c1cc(-c2[c-]cccc2)ncc1[Si](C)(C)C.[Ir].[c-]1ccc2c(oc3cc(-c4ccccc4)ccc32)c1-c1cc(CC2CC3CCC2CC3)ccn1. The summed E-state index contributed by atoms with van der Waals surface area (Å²) in [7, 11) is -1.34. The number of nitrogens with zero attached hydrogens (tertiary/aromatic N) is 2. The molecule has 4 aromatic carbocycles. The maximum absolute atomic E-state index is 6.46. The van der Waals surface area contributed by atoms with Gasteiger partial charge in [0.25, 0.3) is 0 Å². The van der Waals surface area contributed by atoms with Crippen LogP contribution in [0.1, 0.15) is 63.0 Å². The Morgan fingerprint density at radius 1 is 0.759 bits per heavy atom. The predicted octanol–water partition coefficient (Wildman–Crippen LogP) is 12.7. The molecular formula is C49H50IrN2OSi-2. The minimum absolute atomic E-state index is 0. The van der Waals surface area contributed by atoms with Gasteiger partial charge in [0.2, 0.25) is 0 Å². The van der Waals surface area contributed by atoms with Crippen LogP contribution in [-0.2, 0) is 26.5 Å². The van der Waals surface area contributed by atoms with Gasteiger partial charge in [0.1, 0.15) is 5.58 Å². The van der Waals surface area contributed by atoms with Crippen LogP contribution in [0, 0.1) is 29.9 Å². The van der Waals surface area contributed by atoms with E-state index in [1.54, 1.807) is 0 Å². The summed E-state index contributed by atoms with van der Waals surface area (Å²) in [5.41, 5.74) is 11.0. The molecule has 3 nitrogen and oxygen atoms in total. The van der Waals surface area contributed by atoms with Crippen molar-refractivity contribution < 1.29 is 24.5 Å². The molecule has 1 atom stereocenters. The average Bonchev–Trinajstić information content (AvgIpc) is 3.57. The number of rotatable bonds is 7. The Labute approximate surface area is 336 Å². The van der Waals surface area contributed by atoms with Gasteiger partial charge in [0.15, 0.2) is 0 Å². The number of benzene rings is 4. The molecule has 54 heavy (non-hydrogen) atoms. The maximum atomic E-state index is 6.46. The quantitative estimate of drug-likeness (QED) is 0.118. The van der Waals surface area contributed by atoms with E-state index in [4.69, 9.17) is 9.40 Å². The average molecular weight is 903 g/mol. The van der Waals surface area contributed by atoms with Gasteiger partial charge in [-0.05, 0) is 89.2 Å². The second kappa shape index (κ2) is 16.3. The fourth-order valence-electron chi connectivity index (χ4n) is 8.82. The van der Waals surface area contributed by atoms with E-state index in [0.717, 1.165) is 62.2 Å². The van der Waals surface area contributed by atoms with Gasteiger partial charge in [0.05, 0.1) is 13.7 Å². The Bertz CT molecular complexity index is 2340. The zero-order chi connectivity index (χ0) is 36.5. The third-order valence-electron chi connectivity index (χ3n) is 11.7. The molecule has 3 heterocycles. The summed E-state index contributed by atoms with van der Waals surface area (Å²) in [4.78, 5) is 9.41. The molecule has 3 aliphatic rings. The fourth-order valence-corrected chi connectivity index (χ4v) is 10.5. The molecule has 3 saturated carbocycles. The summed E-state index contributed by atoms with van der Waals surface area (Å²) >= 11 is 0. The van der Waals surface area contributed by atoms with E-state index in [0.29, 0.717) is 5.92 Å². The largest absolute Gasteiger partial charge is 0.501 e. The molecule has 5 heteroatoms. The van der Waals surface area contributed by atoms with Crippen molar-refractivity contribution in [1.29, 1.82) is 0 Å². The first-order valence-corrected chi connectivity index (χ1v) is 23.1. The Morgan fingerprint density at radius 3 is 2.26 bits per heavy atom.